The molecule has 1 saturated heterocycles. The largest absolute Gasteiger partial charge is 0.331 e. The van der Waals surface area contributed by atoms with Crippen LogP contribution in [0.4, 0.5) is 4.39 Å². The van der Waals surface area contributed by atoms with E-state index in [0.29, 0.717) is 6.54 Å². The van der Waals surface area contributed by atoms with Gasteiger partial charge in [-0.15, -0.1) is 0 Å². The second kappa shape index (κ2) is 5.37. The van der Waals surface area contributed by atoms with E-state index >= 15 is 0 Å². The third-order valence-electron chi connectivity index (χ3n) is 3.79. The highest BCUT2D eigenvalue weighted by atomic mass is 32.1. The van der Waals surface area contributed by atoms with Gasteiger partial charge in [0.25, 0.3) is 5.91 Å². The molecule has 3 rings (SSSR count). The Hall–Kier alpha value is -1.68. The zero-order chi connectivity index (χ0) is 14.1. The number of rotatable bonds is 2. The van der Waals surface area contributed by atoms with Crippen molar-refractivity contribution < 1.29 is 9.18 Å². The second-order valence-corrected chi connectivity index (χ2v) is 5.98. The normalized spacial score (nSPS) is 18.5. The average Bonchev–Trinajstić information content (AvgIpc) is 3.10. The first-order valence-electron chi connectivity index (χ1n) is 6.76. The number of benzene rings is 1. The van der Waals surface area contributed by atoms with Crippen molar-refractivity contribution in [3.8, 4) is 0 Å². The van der Waals surface area contributed by atoms with Crippen molar-refractivity contribution in [3.05, 3.63) is 57.5 Å². The molecule has 1 aliphatic heterocycles. The van der Waals surface area contributed by atoms with Crippen molar-refractivity contribution >= 4 is 17.2 Å². The van der Waals surface area contributed by atoms with Crippen molar-refractivity contribution in [2.45, 2.75) is 25.8 Å². The summed E-state index contributed by atoms with van der Waals surface area (Å²) >= 11 is 1.63. The van der Waals surface area contributed by atoms with Gasteiger partial charge in [-0.3, -0.25) is 4.79 Å². The van der Waals surface area contributed by atoms with E-state index in [1.807, 2.05) is 18.4 Å². The Balaban J connectivity index is 1.91. The molecule has 0 radical (unpaired) electrons. The number of hydrogen-bond donors (Lipinski definition) is 0. The first kappa shape index (κ1) is 13.3. The minimum absolute atomic E-state index is 0.0914. The van der Waals surface area contributed by atoms with Crippen molar-refractivity contribution in [2.75, 3.05) is 6.54 Å². The summed E-state index contributed by atoms with van der Waals surface area (Å²) < 4.78 is 13.9. The van der Waals surface area contributed by atoms with E-state index in [4.69, 9.17) is 0 Å². The van der Waals surface area contributed by atoms with Gasteiger partial charge in [-0.1, -0.05) is 11.6 Å². The van der Waals surface area contributed by atoms with Crippen LogP contribution in [0.5, 0.6) is 0 Å². The molecular formula is C16H16FNOS. The number of carbonyl (C=O) groups excluding carboxylic acids is 1. The summed E-state index contributed by atoms with van der Waals surface area (Å²) in [6, 6.07) is 6.84. The maximum absolute atomic E-state index is 13.9. The number of amides is 1. The van der Waals surface area contributed by atoms with Gasteiger partial charge in [0.05, 0.1) is 11.6 Å². The highest BCUT2D eigenvalue weighted by Gasteiger charge is 2.31. The van der Waals surface area contributed by atoms with Crippen LogP contribution in [-0.4, -0.2) is 17.4 Å². The number of aryl methyl sites for hydroxylation is 1. The summed E-state index contributed by atoms with van der Waals surface area (Å²) in [5.41, 5.74) is 2.25. The van der Waals surface area contributed by atoms with Crippen LogP contribution in [0.25, 0.3) is 0 Å². The lowest BCUT2D eigenvalue weighted by molar-refractivity contribution is 0.0731. The van der Waals surface area contributed by atoms with E-state index in [2.05, 4.69) is 5.38 Å². The molecule has 0 aliphatic carbocycles. The van der Waals surface area contributed by atoms with E-state index in [-0.39, 0.29) is 17.5 Å². The standard InChI is InChI=1S/C16H16FNOS/c1-11-4-5-14(17)13(9-11)16(19)18-7-2-3-15(18)12-6-8-20-10-12/h4-6,8-10,15H,2-3,7H2,1H3. The Morgan fingerprint density at radius 3 is 3.00 bits per heavy atom. The molecule has 2 aromatic rings. The quantitative estimate of drug-likeness (QED) is 0.812. The lowest BCUT2D eigenvalue weighted by Crippen LogP contribution is -2.31. The molecule has 1 fully saturated rings. The predicted octanol–water partition coefficient (Wildman–Crippen LogP) is 4.17. The second-order valence-electron chi connectivity index (χ2n) is 5.20. The number of likely N-dealkylation sites (tertiary alicyclic amines) is 1. The van der Waals surface area contributed by atoms with Crippen LogP contribution in [0.1, 0.15) is 40.4 Å². The Morgan fingerprint density at radius 2 is 2.25 bits per heavy atom. The van der Waals surface area contributed by atoms with Crippen LogP contribution in [0.2, 0.25) is 0 Å². The van der Waals surface area contributed by atoms with Gasteiger partial charge in [0.2, 0.25) is 0 Å². The zero-order valence-electron chi connectivity index (χ0n) is 11.3. The Bertz CT molecular complexity index is 623. The van der Waals surface area contributed by atoms with Crippen LogP contribution in [-0.2, 0) is 0 Å². The molecule has 0 saturated carbocycles. The van der Waals surface area contributed by atoms with Gasteiger partial charge < -0.3 is 4.90 Å². The molecule has 20 heavy (non-hydrogen) atoms. The summed E-state index contributed by atoms with van der Waals surface area (Å²) in [7, 11) is 0. The molecule has 4 heteroatoms. The molecule has 1 aliphatic rings. The number of thiophene rings is 1. The Morgan fingerprint density at radius 1 is 1.40 bits per heavy atom. The van der Waals surface area contributed by atoms with Crippen molar-refractivity contribution in [1.29, 1.82) is 0 Å². The van der Waals surface area contributed by atoms with E-state index in [0.717, 1.165) is 24.0 Å². The summed E-state index contributed by atoms with van der Waals surface area (Å²) in [5.74, 6) is -0.628. The van der Waals surface area contributed by atoms with Crippen LogP contribution in [0.15, 0.2) is 35.0 Å². The molecule has 1 amide bonds. The third kappa shape index (κ3) is 2.36. The van der Waals surface area contributed by atoms with Gasteiger partial charge in [-0.2, -0.15) is 11.3 Å². The molecular weight excluding hydrogens is 273 g/mol. The van der Waals surface area contributed by atoms with Crippen LogP contribution in [0.3, 0.4) is 0 Å². The molecule has 2 heterocycles. The van der Waals surface area contributed by atoms with Crippen molar-refractivity contribution in [1.82, 2.24) is 4.90 Å². The fourth-order valence-electron chi connectivity index (χ4n) is 2.78. The highest BCUT2D eigenvalue weighted by molar-refractivity contribution is 7.07. The van der Waals surface area contributed by atoms with Gasteiger partial charge in [0, 0.05) is 6.54 Å². The van der Waals surface area contributed by atoms with E-state index in [1.54, 1.807) is 28.4 Å². The number of carbonyl (C=O) groups is 1. The maximum atomic E-state index is 13.9. The predicted molar refractivity (Wildman–Crippen MR) is 78.5 cm³/mol. The zero-order valence-corrected chi connectivity index (χ0v) is 12.1. The molecule has 1 atom stereocenters. The van der Waals surface area contributed by atoms with E-state index in [9.17, 15) is 9.18 Å². The Kier molecular flexibility index (Phi) is 3.57. The number of nitrogens with zero attached hydrogens (tertiary/aromatic N) is 1. The third-order valence-corrected chi connectivity index (χ3v) is 4.50. The first-order chi connectivity index (χ1) is 9.66. The number of hydrogen-bond acceptors (Lipinski definition) is 2. The molecule has 0 bridgehead atoms. The van der Waals surface area contributed by atoms with Crippen LogP contribution in [0, 0.1) is 12.7 Å². The van der Waals surface area contributed by atoms with Crippen molar-refractivity contribution in [2.24, 2.45) is 0 Å². The molecule has 1 aromatic carbocycles. The average molecular weight is 289 g/mol. The summed E-state index contributed by atoms with van der Waals surface area (Å²) in [6.45, 7) is 2.57. The van der Waals surface area contributed by atoms with Gasteiger partial charge in [0.1, 0.15) is 5.82 Å². The molecule has 0 N–H and O–H groups in total. The lowest BCUT2D eigenvalue weighted by Gasteiger charge is -2.24. The minimum atomic E-state index is -0.434. The molecule has 0 spiro atoms. The van der Waals surface area contributed by atoms with E-state index in [1.165, 1.54) is 6.07 Å². The molecule has 2 nitrogen and oxygen atoms in total. The van der Waals surface area contributed by atoms with Crippen LogP contribution >= 0.6 is 11.3 Å². The summed E-state index contributed by atoms with van der Waals surface area (Å²) in [5, 5.41) is 4.09. The van der Waals surface area contributed by atoms with Gasteiger partial charge >= 0.3 is 0 Å². The summed E-state index contributed by atoms with van der Waals surface area (Å²) in [4.78, 5) is 14.4. The smallest absolute Gasteiger partial charge is 0.257 e. The van der Waals surface area contributed by atoms with Gasteiger partial charge in [-0.25, -0.2) is 4.39 Å². The van der Waals surface area contributed by atoms with Crippen LogP contribution < -0.4 is 0 Å². The fraction of sp³-hybridized carbons (Fsp3) is 0.312. The molecule has 1 aromatic heterocycles. The lowest BCUT2D eigenvalue weighted by atomic mass is 10.1. The maximum Gasteiger partial charge on any atom is 0.257 e. The first-order valence-corrected chi connectivity index (χ1v) is 7.70. The van der Waals surface area contributed by atoms with Gasteiger partial charge in [-0.05, 0) is 54.3 Å². The monoisotopic (exact) mass is 289 g/mol. The topological polar surface area (TPSA) is 20.3 Å². The van der Waals surface area contributed by atoms with E-state index < -0.39 is 5.82 Å². The molecule has 1 unspecified atom stereocenters. The van der Waals surface area contributed by atoms with Gasteiger partial charge in [0.15, 0.2) is 0 Å². The molecule has 104 valence electrons. The SMILES string of the molecule is Cc1ccc(F)c(C(=O)N2CCCC2c2ccsc2)c1. The fourth-order valence-corrected chi connectivity index (χ4v) is 3.49. The highest BCUT2D eigenvalue weighted by Crippen LogP contribution is 2.34. The Labute approximate surface area is 121 Å². The summed E-state index contributed by atoms with van der Waals surface area (Å²) in [6.07, 6.45) is 1.93. The van der Waals surface area contributed by atoms with Crippen molar-refractivity contribution in [3.63, 3.8) is 0 Å². The minimum Gasteiger partial charge on any atom is -0.331 e. The number of halogens is 1.